The van der Waals surface area contributed by atoms with Gasteiger partial charge in [0.2, 0.25) is 10.0 Å². The van der Waals surface area contributed by atoms with Gasteiger partial charge in [0.1, 0.15) is 5.75 Å². The zero-order valence-corrected chi connectivity index (χ0v) is 24.4. The van der Waals surface area contributed by atoms with Crippen molar-refractivity contribution in [2.75, 3.05) is 58.5 Å². The number of sulfonamides is 1. The molecule has 11 heteroatoms. The fourth-order valence-corrected chi connectivity index (χ4v) is 5.72. The molecule has 3 aromatic rings. The average Bonchev–Trinajstić information content (AvgIpc) is 2.97. The van der Waals surface area contributed by atoms with Gasteiger partial charge in [0.05, 0.1) is 19.1 Å². The van der Waals surface area contributed by atoms with Crippen molar-refractivity contribution in [1.29, 1.82) is 0 Å². The van der Waals surface area contributed by atoms with Crippen molar-refractivity contribution in [2.24, 2.45) is 0 Å². The Labute approximate surface area is 240 Å². The number of ether oxygens (including phenoxy) is 3. The molecule has 0 radical (unpaired) electrons. The molecule has 1 heterocycles. The molecule has 1 fully saturated rings. The highest BCUT2D eigenvalue weighted by Gasteiger charge is 2.23. The lowest BCUT2D eigenvalue weighted by Gasteiger charge is -2.36. The summed E-state index contributed by atoms with van der Waals surface area (Å²) in [7, 11) is -0.592. The van der Waals surface area contributed by atoms with Crippen molar-refractivity contribution in [3.05, 3.63) is 76.8 Å². The van der Waals surface area contributed by atoms with Gasteiger partial charge in [-0.1, -0.05) is 23.7 Å². The van der Waals surface area contributed by atoms with E-state index in [1.165, 1.54) is 12.1 Å². The minimum absolute atomic E-state index is 0.115. The first-order chi connectivity index (χ1) is 19.2. The van der Waals surface area contributed by atoms with E-state index < -0.39 is 10.0 Å². The van der Waals surface area contributed by atoms with E-state index in [9.17, 15) is 13.2 Å². The van der Waals surface area contributed by atoms with Crippen molar-refractivity contribution >= 4 is 33.2 Å². The highest BCUT2D eigenvalue weighted by Crippen LogP contribution is 2.28. The predicted molar refractivity (Wildman–Crippen MR) is 155 cm³/mol. The molecule has 0 spiro atoms. The van der Waals surface area contributed by atoms with Gasteiger partial charge < -0.3 is 24.0 Å². The third-order valence-corrected chi connectivity index (χ3v) is 8.51. The maximum absolute atomic E-state index is 12.7. The Bertz CT molecular complexity index is 1420. The quantitative estimate of drug-likeness (QED) is 0.363. The minimum atomic E-state index is -3.71. The van der Waals surface area contributed by atoms with Gasteiger partial charge in [-0.3, -0.25) is 4.79 Å². The smallest absolute Gasteiger partial charge is 0.260 e. The first kappa shape index (κ1) is 29.5. The largest absolute Gasteiger partial charge is 0.493 e. The lowest BCUT2D eigenvalue weighted by atomic mass is 10.1. The lowest BCUT2D eigenvalue weighted by molar-refractivity contribution is -0.133. The second-order valence-corrected chi connectivity index (χ2v) is 11.6. The number of hydrogen-bond donors (Lipinski definition) is 1. The van der Waals surface area contributed by atoms with Crippen LogP contribution >= 0.6 is 11.6 Å². The molecule has 1 aliphatic rings. The van der Waals surface area contributed by atoms with E-state index in [1.807, 2.05) is 37.3 Å². The van der Waals surface area contributed by atoms with Crippen LogP contribution in [0.1, 0.15) is 11.1 Å². The highest BCUT2D eigenvalue weighted by atomic mass is 35.5. The highest BCUT2D eigenvalue weighted by molar-refractivity contribution is 7.89. The summed E-state index contributed by atoms with van der Waals surface area (Å²) < 4.78 is 44.3. The van der Waals surface area contributed by atoms with Gasteiger partial charge in [-0.15, -0.1) is 0 Å². The maximum atomic E-state index is 12.7. The summed E-state index contributed by atoms with van der Waals surface area (Å²) in [5.41, 5.74) is 3.14. The number of halogens is 1. The summed E-state index contributed by atoms with van der Waals surface area (Å²) in [4.78, 5) is 16.8. The van der Waals surface area contributed by atoms with Gasteiger partial charge in [0.15, 0.2) is 18.1 Å². The van der Waals surface area contributed by atoms with Crippen molar-refractivity contribution in [1.82, 2.24) is 9.62 Å². The number of hydrogen-bond acceptors (Lipinski definition) is 7. The monoisotopic (exact) mass is 587 g/mol. The maximum Gasteiger partial charge on any atom is 0.260 e. The number of nitrogens with zero attached hydrogens (tertiary/aromatic N) is 2. The van der Waals surface area contributed by atoms with E-state index in [2.05, 4.69) is 9.62 Å². The molecule has 40 heavy (non-hydrogen) atoms. The fourth-order valence-electron chi connectivity index (χ4n) is 4.52. The molecule has 0 bridgehead atoms. The van der Waals surface area contributed by atoms with Crippen LogP contribution in [0, 0.1) is 6.92 Å². The number of carbonyl (C=O) groups is 1. The number of piperazine rings is 1. The number of nitrogens with one attached hydrogen (secondary N) is 1. The van der Waals surface area contributed by atoms with Crippen LogP contribution in [0.25, 0.3) is 0 Å². The molecule has 1 amide bonds. The number of rotatable bonds is 11. The third kappa shape index (κ3) is 7.38. The summed E-state index contributed by atoms with van der Waals surface area (Å²) in [5.74, 6) is 1.51. The van der Waals surface area contributed by atoms with E-state index in [0.29, 0.717) is 54.9 Å². The van der Waals surface area contributed by atoms with E-state index in [0.717, 1.165) is 16.8 Å². The Balaban J connectivity index is 1.23. The van der Waals surface area contributed by atoms with Gasteiger partial charge in [0.25, 0.3) is 5.91 Å². The molecule has 1 aliphatic heterocycles. The molecule has 214 valence electrons. The van der Waals surface area contributed by atoms with Crippen LogP contribution in [0.3, 0.4) is 0 Å². The molecule has 4 rings (SSSR count). The number of benzene rings is 3. The topological polar surface area (TPSA) is 97.4 Å². The molecule has 0 atom stereocenters. The number of methoxy groups -OCH3 is 2. The molecule has 0 aromatic heterocycles. The van der Waals surface area contributed by atoms with E-state index in [1.54, 1.807) is 37.3 Å². The molecule has 0 unspecified atom stereocenters. The Morgan fingerprint density at radius 2 is 1.62 bits per heavy atom. The lowest BCUT2D eigenvalue weighted by Crippen LogP contribution is -2.50. The third-order valence-electron chi connectivity index (χ3n) is 6.79. The zero-order chi connectivity index (χ0) is 28.7. The van der Waals surface area contributed by atoms with Crippen LogP contribution < -0.4 is 23.8 Å². The Kier molecular flexibility index (Phi) is 9.78. The molecule has 0 aliphatic carbocycles. The second-order valence-electron chi connectivity index (χ2n) is 9.40. The number of carbonyl (C=O) groups excluding carboxylic acids is 1. The molecule has 1 saturated heterocycles. The van der Waals surface area contributed by atoms with E-state index >= 15 is 0 Å². The van der Waals surface area contributed by atoms with Crippen LogP contribution in [0.5, 0.6) is 17.2 Å². The summed E-state index contributed by atoms with van der Waals surface area (Å²) in [6.45, 7) is 4.72. The van der Waals surface area contributed by atoms with Gasteiger partial charge in [-0.2, -0.15) is 0 Å². The van der Waals surface area contributed by atoms with Gasteiger partial charge in [0, 0.05) is 43.4 Å². The first-order valence-corrected chi connectivity index (χ1v) is 14.8. The van der Waals surface area contributed by atoms with Crippen LogP contribution in [-0.2, 0) is 21.2 Å². The summed E-state index contributed by atoms with van der Waals surface area (Å²) in [6.07, 6.45) is 0.482. The standard InChI is InChI=1S/C29H34ClN3O6S/c1-21-4-6-23(30)19-26(21)32-14-16-33(17-15-32)29(34)20-39-24-7-9-25(10-8-24)40(35,36)31-13-12-22-5-11-27(37-2)28(18-22)38-3/h4-11,18-19,31H,12-17,20H2,1-3H3. The number of aryl methyl sites for hydroxylation is 1. The molecule has 0 saturated carbocycles. The van der Waals surface area contributed by atoms with Crippen LogP contribution in [-0.4, -0.2) is 72.8 Å². The summed E-state index contributed by atoms with van der Waals surface area (Å²) in [6, 6.07) is 17.3. The van der Waals surface area contributed by atoms with Crippen LogP contribution in [0.2, 0.25) is 5.02 Å². The molecule has 9 nitrogen and oxygen atoms in total. The van der Waals surface area contributed by atoms with Crippen LogP contribution in [0.4, 0.5) is 5.69 Å². The Morgan fingerprint density at radius 1 is 0.925 bits per heavy atom. The van der Waals surface area contributed by atoms with Crippen molar-refractivity contribution < 1.29 is 27.4 Å². The van der Waals surface area contributed by atoms with Gasteiger partial charge in [-0.25, -0.2) is 13.1 Å². The molecule has 1 N–H and O–H groups in total. The molecular weight excluding hydrogens is 554 g/mol. The summed E-state index contributed by atoms with van der Waals surface area (Å²) in [5, 5.41) is 0.691. The Morgan fingerprint density at radius 3 is 2.30 bits per heavy atom. The minimum Gasteiger partial charge on any atom is -0.493 e. The number of anilines is 1. The van der Waals surface area contributed by atoms with Crippen molar-refractivity contribution in [3.8, 4) is 17.2 Å². The predicted octanol–water partition coefficient (Wildman–Crippen LogP) is 3.91. The molecular formula is C29H34ClN3O6S. The van der Waals surface area contributed by atoms with E-state index in [-0.39, 0.29) is 24.0 Å². The second kappa shape index (κ2) is 13.3. The molecule has 3 aromatic carbocycles. The van der Waals surface area contributed by atoms with Crippen LogP contribution in [0.15, 0.2) is 65.6 Å². The summed E-state index contributed by atoms with van der Waals surface area (Å²) >= 11 is 6.16. The normalized spacial score (nSPS) is 13.7. The average molecular weight is 588 g/mol. The SMILES string of the molecule is COc1ccc(CCNS(=O)(=O)c2ccc(OCC(=O)N3CCN(c4cc(Cl)ccc4C)CC3)cc2)cc1OC. The fraction of sp³-hybridized carbons (Fsp3) is 0.345. The van der Waals surface area contributed by atoms with Gasteiger partial charge in [-0.05, 0) is 73.0 Å². The first-order valence-electron chi connectivity index (χ1n) is 12.9. The number of amides is 1. The van der Waals surface area contributed by atoms with E-state index in [4.69, 9.17) is 25.8 Å². The van der Waals surface area contributed by atoms with Crippen molar-refractivity contribution in [3.63, 3.8) is 0 Å². The van der Waals surface area contributed by atoms with Crippen molar-refractivity contribution in [2.45, 2.75) is 18.2 Å². The van der Waals surface area contributed by atoms with Gasteiger partial charge >= 0.3 is 0 Å². The Hall–Kier alpha value is -3.47. The zero-order valence-electron chi connectivity index (χ0n) is 22.9.